The first-order valence-electron chi connectivity index (χ1n) is 6.59. The Balaban J connectivity index is 1.89. The van der Waals surface area contributed by atoms with Crippen LogP contribution >= 0.6 is 11.6 Å². The molecule has 0 radical (unpaired) electrons. The summed E-state index contributed by atoms with van der Waals surface area (Å²) in [6, 6.07) is 6.87. The lowest BCUT2D eigenvalue weighted by atomic mass is 10.2. The third-order valence-electron chi connectivity index (χ3n) is 3.12. The van der Waals surface area contributed by atoms with Gasteiger partial charge in [0.25, 0.3) is 5.91 Å². The van der Waals surface area contributed by atoms with Crippen molar-refractivity contribution in [1.82, 2.24) is 10.5 Å². The van der Waals surface area contributed by atoms with Gasteiger partial charge in [-0.25, -0.2) is 0 Å². The maximum atomic E-state index is 12.0. The van der Waals surface area contributed by atoms with E-state index in [0.29, 0.717) is 23.1 Å². The van der Waals surface area contributed by atoms with Crippen LogP contribution < -0.4 is 10.1 Å². The van der Waals surface area contributed by atoms with E-state index in [1.165, 1.54) is 0 Å². The van der Waals surface area contributed by atoms with E-state index in [0.717, 1.165) is 11.3 Å². The van der Waals surface area contributed by atoms with E-state index in [9.17, 15) is 4.79 Å². The molecule has 0 saturated carbocycles. The van der Waals surface area contributed by atoms with Crippen molar-refractivity contribution in [2.24, 2.45) is 0 Å². The number of halogens is 1. The Labute approximate surface area is 128 Å². The summed E-state index contributed by atoms with van der Waals surface area (Å²) in [5, 5.41) is 7.28. The summed E-state index contributed by atoms with van der Waals surface area (Å²) in [6.45, 7) is 5.71. The SMILES string of the molecule is Cc1noc(C)c1CNC(=O)[C@H](C)Oc1ccc(Cl)cc1. The van der Waals surface area contributed by atoms with Gasteiger partial charge in [-0.2, -0.15) is 0 Å². The average molecular weight is 309 g/mol. The molecule has 1 amide bonds. The standard InChI is InChI=1S/C15H17ClN2O3/c1-9-14(10(2)21-18-9)8-17-15(19)11(3)20-13-6-4-12(16)5-7-13/h4-7,11H,8H2,1-3H3,(H,17,19)/t11-/m0/s1. The van der Waals surface area contributed by atoms with Crippen LogP contribution in [0.15, 0.2) is 28.8 Å². The lowest BCUT2D eigenvalue weighted by Gasteiger charge is -2.14. The van der Waals surface area contributed by atoms with E-state index in [-0.39, 0.29) is 5.91 Å². The van der Waals surface area contributed by atoms with Gasteiger partial charge in [-0.05, 0) is 45.0 Å². The highest BCUT2D eigenvalue weighted by molar-refractivity contribution is 6.30. The second-order valence-corrected chi connectivity index (χ2v) is 5.17. The minimum Gasteiger partial charge on any atom is -0.481 e. The molecule has 0 aliphatic carbocycles. The molecule has 5 nitrogen and oxygen atoms in total. The highest BCUT2D eigenvalue weighted by Crippen LogP contribution is 2.17. The number of aryl methyl sites for hydroxylation is 2. The van der Waals surface area contributed by atoms with Crippen molar-refractivity contribution in [3.8, 4) is 5.75 Å². The van der Waals surface area contributed by atoms with Crippen molar-refractivity contribution in [2.75, 3.05) is 0 Å². The first-order chi connectivity index (χ1) is 9.97. The van der Waals surface area contributed by atoms with Gasteiger partial charge in [-0.1, -0.05) is 16.8 Å². The van der Waals surface area contributed by atoms with Crippen molar-refractivity contribution >= 4 is 17.5 Å². The minimum atomic E-state index is -0.605. The fourth-order valence-corrected chi connectivity index (χ4v) is 1.97. The number of nitrogens with one attached hydrogen (secondary N) is 1. The first-order valence-corrected chi connectivity index (χ1v) is 6.97. The number of nitrogens with zero attached hydrogens (tertiary/aromatic N) is 1. The molecule has 2 aromatic rings. The molecular formula is C15H17ClN2O3. The number of carbonyl (C=O) groups excluding carboxylic acids is 1. The predicted molar refractivity (Wildman–Crippen MR) is 79.4 cm³/mol. The van der Waals surface area contributed by atoms with E-state index < -0.39 is 6.10 Å². The first kappa shape index (κ1) is 15.4. The molecule has 0 saturated heterocycles. The number of carbonyl (C=O) groups is 1. The maximum absolute atomic E-state index is 12.0. The molecular weight excluding hydrogens is 292 g/mol. The predicted octanol–water partition coefficient (Wildman–Crippen LogP) is 3.03. The molecule has 0 spiro atoms. The second kappa shape index (κ2) is 6.63. The lowest BCUT2D eigenvalue weighted by Crippen LogP contribution is -2.36. The number of benzene rings is 1. The molecule has 1 heterocycles. The third-order valence-corrected chi connectivity index (χ3v) is 3.37. The summed E-state index contributed by atoms with van der Waals surface area (Å²) in [6.07, 6.45) is -0.605. The highest BCUT2D eigenvalue weighted by Gasteiger charge is 2.16. The molecule has 1 N–H and O–H groups in total. The summed E-state index contributed by atoms with van der Waals surface area (Å²) in [7, 11) is 0. The zero-order valence-electron chi connectivity index (χ0n) is 12.1. The highest BCUT2D eigenvalue weighted by atomic mass is 35.5. The van der Waals surface area contributed by atoms with Crippen LogP contribution in [0, 0.1) is 13.8 Å². The van der Waals surface area contributed by atoms with Crippen LogP contribution in [-0.2, 0) is 11.3 Å². The van der Waals surface area contributed by atoms with Gasteiger partial charge >= 0.3 is 0 Å². The molecule has 6 heteroatoms. The largest absolute Gasteiger partial charge is 0.481 e. The second-order valence-electron chi connectivity index (χ2n) is 4.73. The Morgan fingerprint density at radius 1 is 1.38 bits per heavy atom. The number of rotatable bonds is 5. The van der Waals surface area contributed by atoms with Crippen LogP contribution in [0.2, 0.25) is 5.02 Å². The van der Waals surface area contributed by atoms with Gasteiger partial charge in [0, 0.05) is 17.1 Å². The van der Waals surface area contributed by atoms with Crippen molar-refractivity contribution in [3.05, 3.63) is 46.3 Å². The third kappa shape index (κ3) is 3.98. The Bertz CT molecular complexity index is 603. The molecule has 0 aliphatic heterocycles. The van der Waals surface area contributed by atoms with Crippen LogP contribution in [0.4, 0.5) is 0 Å². The Morgan fingerprint density at radius 3 is 2.62 bits per heavy atom. The topological polar surface area (TPSA) is 64.4 Å². The van der Waals surface area contributed by atoms with Crippen molar-refractivity contribution in [3.63, 3.8) is 0 Å². The van der Waals surface area contributed by atoms with Gasteiger partial charge in [0.2, 0.25) is 0 Å². The molecule has 1 aromatic carbocycles. The van der Waals surface area contributed by atoms with Gasteiger partial charge in [-0.3, -0.25) is 4.79 Å². The Kier molecular flexibility index (Phi) is 4.85. The number of hydrogen-bond acceptors (Lipinski definition) is 4. The van der Waals surface area contributed by atoms with Crippen LogP contribution in [0.3, 0.4) is 0 Å². The normalized spacial score (nSPS) is 12.0. The van der Waals surface area contributed by atoms with Gasteiger partial charge in [0.1, 0.15) is 11.5 Å². The van der Waals surface area contributed by atoms with E-state index in [2.05, 4.69) is 10.5 Å². The van der Waals surface area contributed by atoms with Gasteiger partial charge in [-0.15, -0.1) is 0 Å². The number of amides is 1. The molecule has 0 fully saturated rings. The fourth-order valence-electron chi connectivity index (χ4n) is 1.84. The molecule has 21 heavy (non-hydrogen) atoms. The van der Waals surface area contributed by atoms with Gasteiger partial charge in [0.15, 0.2) is 6.10 Å². The molecule has 0 aliphatic rings. The zero-order valence-corrected chi connectivity index (χ0v) is 12.9. The van der Waals surface area contributed by atoms with Crippen LogP contribution in [-0.4, -0.2) is 17.2 Å². The molecule has 1 atom stereocenters. The van der Waals surface area contributed by atoms with E-state index in [1.54, 1.807) is 31.2 Å². The zero-order chi connectivity index (χ0) is 15.4. The van der Waals surface area contributed by atoms with E-state index in [1.807, 2.05) is 13.8 Å². The lowest BCUT2D eigenvalue weighted by molar-refractivity contribution is -0.127. The van der Waals surface area contributed by atoms with Crippen molar-refractivity contribution in [1.29, 1.82) is 0 Å². The summed E-state index contributed by atoms with van der Waals surface area (Å²) in [5.74, 6) is 1.10. The van der Waals surface area contributed by atoms with Crippen molar-refractivity contribution in [2.45, 2.75) is 33.4 Å². The molecule has 2 rings (SSSR count). The fraction of sp³-hybridized carbons (Fsp3) is 0.333. The molecule has 0 bridgehead atoms. The quantitative estimate of drug-likeness (QED) is 0.922. The summed E-state index contributed by atoms with van der Waals surface area (Å²) >= 11 is 5.80. The van der Waals surface area contributed by atoms with Crippen LogP contribution in [0.25, 0.3) is 0 Å². The summed E-state index contributed by atoms with van der Waals surface area (Å²) in [4.78, 5) is 12.0. The summed E-state index contributed by atoms with van der Waals surface area (Å²) in [5.41, 5.74) is 1.67. The van der Waals surface area contributed by atoms with E-state index >= 15 is 0 Å². The number of aromatic nitrogens is 1. The monoisotopic (exact) mass is 308 g/mol. The maximum Gasteiger partial charge on any atom is 0.261 e. The Hall–Kier alpha value is -2.01. The summed E-state index contributed by atoms with van der Waals surface area (Å²) < 4.78 is 10.6. The Morgan fingerprint density at radius 2 is 2.05 bits per heavy atom. The minimum absolute atomic E-state index is 0.204. The average Bonchev–Trinajstić information content (AvgIpc) is 2.78. The van der Waals surface area contributed by atoms with Gasteiger partial charge in [0.05, 0.1) is 5.69 Å². The molecule has 112 valence electrons. The molecule has 1 aromatic heterocycles. The molecule has 0 unspecified atom stereocenters. The van der Waals surface area contributed by atoms with E-state index in [4.69, 9.17) is 20.9 Å². The van der Waals surface area contributed by atoms with Crippen molar-refractivity contribution < 1.29 is 14.1 Å². The number of ether oxygens (including phenoxy) is 1. The number of hydrogen-bond donors (Lipinski definition) is 1. The van der Waals surface area contributed by atoms with Gasteiger partial charge < -0.3 is 14.6 Å². The smallest absolute Gasteiger partial charge is 0.261 e. The van der Waals surface area contributed by atoms with Crippen LogP contribution in [0.1, 0.15) is 23.9 Å². The van der Waals surface area contributed by atoms with Crippen LogP contribution in [0.5, 0.6) is 5.75 Å².